The van der Waals surface area contributed by atoms with Gasteiger partial charge in [0.25, 0.3) is 11.8 Å². The summed E-state index contributed by atoms with van der Waals surface area (Å²) in [6.45, 7) is 7.88. The molecular weight excluding hydrogens is 1460 g/mol. The molecule has 0 radical (unpaired) electrons. The fourth-order valence-corrected chi connectivity index (χ4v) is 13.8. The third-order valence-corrected chi connectivity index (χ3v) is 18.5. The summed E-state index contributed by atoms with van der Waals surface area (Å²) in [5, 5.41) is 5.86. The van der Waals surface area contributed by atoms with Crippen LogP contribution in [0.2, 0.25) is 0 Å². The molecule has 2 N–H and O–H groups in total. The van der Waals surface area contributed by atoms with Gasteiger partial charge in [-0.2, -0.15) is 0 Å². The number of amides is 2. The maximum Gasteiger partial charge on any atom is 0.344 e. The molecule has 0 heterocycles. The summed E-state index contributed by atoms with van der Waals surface area (Å²) in [6.07, 6.45) is 1.64. The van der Waals surface area contributed by atoms with Crippen molar-refractivity contribution in [2.75, 3.05) is 103 Å². The summed E-state index contributed by atoms with van der Waals surface area (Å²) in [5.41, 5.74) is 11.6. The number of benzene rings is 9. The number of hydrogen-bond donors (Lipinski definition) is 2. The van der Waals surface area contributed by atoms with Crippen LogP contribution in [0.4, 0.5) is 11.4 Å². The molecular formula is C90H92N2O22. The summed E-state index contributed by atoms with van der Waals surface area (Å²) >= 11 is 0. The lowest BCUT2D eigenvalue weighted by atomic mass is 9.91. The maximum atomic E-state index is 14.3. The van der Waals surface area contributed by atoms with E-state index in [0.29, 0.717) is 146 Å². The number of hydrogen-bond acceptors (Lipinski definition) is 22. The Bertz CT molecular complexity index is 4400. The van der Waals surface area contributed by atoms with Gasteiger partial charge in [0.2, 0.25) is 0 Å². The molecule has 0 unspecified atom stereocenters. The molecule has 24 heteroatoms. The summed E-state index contributed by atoms with van der Waals surface area (Å²) < 4.78 is 83.6. The van der Waals surface area contributed by atoms with Crippen LogP contribution in [0.1, 0.15) is 131 Å². The number of nitrogens with one attached hydrogen (secondary N) is 2. The Morgan fingerprint density at radius 2 is 0.342 bits per heavy atom. The van der Waals surface area contributed by atoms with Gasteiger partial charge in [0.15, 0.2) is 52.9 Å². The Kier molecular flexibility index (Phi) is 29.5. The van der Waals surface area contributed by atoms with Gasteiger partial charge >= 0.3 is 35.8 Å². The third kappa shape index (κ3) is 22.3. The van der Waals surface area contributed by atoms with Crippen molar-refractivity contribution in [2.45, 2.75) is 92.9 Å². The first-order chi connectivity index (χ1) is 55.5. The Balaban J connectivity index is 0.862. The highest BCUT2D eigenvalue weighted by Gasteiger charge is 2.28. The van der Waals surface area contributed by atoms with E-state index in [-0.39, 0.29) is 104 Å². The van der Waals surface area contributed by atoms with Crippen molar-refractivity contribution in [1.82, 2.24) is 0 Å². The zero-order valence-corrected chi connectivity index (χ0v) is 64.7. The minimum atomic E-state index is -0.572. The maximum absolute atomic E-state index is 14.3. The Morgan fingerprint density at radius 3 is 0.474 bits per heavy atom. The molecule has 2 aliphatic rings. The van der Waals surface area contributed by atoms with E-state index < -0.39 is 87.3 Å². The molecule has 0 atom stereocenters. The Labute approximate surface area is 661 Å². The zero-order valence-electron chi connectivity index (χ0n) is 64.7. The van der Waals surface area contributed by atoms with Gasteiger partial charge in [-0.25, -0.2) is 28.8 Å². The number of para-hydroxylation sites is 8. The van der Waals surface area contributed by atoms with Crippen LogP contribution in [0.3, 0.4) is 0 Å². The van der Waals surface area contributed by atoms with Crippen molar-refractivity contribution < 1.29 is 105 Å². The fraction of sp³-hybridized carbons (Fsp3) is 0.311. The van der Waals surface area contributed by atoms with Crippen molar-refractivity contribution in [2.24, 2.45) is 0 Å². The van der Waals surface area contributed by atoms with Crippen molar-refractivity contribution in [3.05, 3.63) is 259 Å². The van der Waals surface area contributed by atoms with E-state index in [4.69, 9.17) is 66.3 Å². The van der Waals surface area contributed by atoms with Crippen LogP contribution in [0.25, 0.3) is 0 Å². The molecule has 114 heavy (non-hydrogen) atoms. The lowest BCUT2D eigenvalue weighted by molar-refractivity contribution is -0.146. The van der Waals surface area contributed by atoms with Gasteiger partial charge in [-0.05, 0) is 155 Å². The SMILES string of the molecule is CCOC(=O)COc1c2cccc1Cc1cccc(c1OCC(=O)OCC)Cc1cccc(c1OCC(=O)OCC)Cc1cccc(c1OCC(=O)Nc1ccc(NC(=O)COc3c4cccc3Cc3cccc(c3OCC(=O)OCC)Cc3cccc(c3OCC(=O)OCC)Cc3cccc(c3OCC(=O)OCC)C4)cc1)C2. The highest BCUT2D eigenvalue weighted by atomic mass is 16.6. The lowest BCUT2D eigenvalue weighted by Crippen LogP contribution is -2.22. The first-order valence-electron chi connectivity index (χ1n) is 38.0. The molecule has 9 aromatic carbocycles. The van der Waals surface area contributed by atoms with Crippen LogP contribution in [-0.4, -0.2) is 140 Å². The van der Waals surface area contributed by atoms with Gasteiger partial charge in [-0.1, -0.05) is 146 Å². The summed E-state index contributed by atoms with van der Waals surface area (Å²) in [7, 11) is 0. The predicted octanol–water partition coefficient (Wildman–Crippen LogP) is 12.7. The summed E-state index contributed by atoms with van der Waals surface area (Å²) in [4.78, 5) is 106. The van der Waals surface area contributed by atoms with Crippen molar-refractivity contribution >= 4 is 59.0 Å². The molecule has 24 nitrogen and oxygen atoms in total. The van der Waals surface area contributed by atoms with E-state index in [2.05, 4.69) is 10.6 Å². The predicted molar refractivity (Wildman–Crippen MR) is 421 cm³/mol. The van der Waals surface area contributed by atoms with Crippen LogP contribution >= 0.6 is 0 Å². The quantitative estimate of drug-likeness (QED) is 0.0292. The molecule has 16 bridgehead atoms. The number of fused-ring (bicyclic) bond motifs is 16. The number of carbonyl (C=O) groups is 8. The number of ether oxygens (including phenoxy) is 14. The van der Waals surface area contributed by atoms with Gasteiger partial charge in [-0.15, -0.1) is 0 Å². The van der Waals surface area contributed by atoms with Crippen molar-refractivity contribution in [1.29, 1.82) is 0 Å². The van der Waals surface area contributed by atoms with E-state index in [9.17, 15) is 38.4 Å². The second-order valence-corrected chi connectivity index (χ2v) is 26.5. The van der Waals surface area contributed by atoms with Crippen LogP contribution in [-0.2, 0) is 118 Å². The van der Waals surface area contributed by atoms with Crippen LogP contribution in [0, 0.1) is 0 Å². The molecule has 9 aromatic rings. The highest BCUT2D eigenvalue weighted by molar-refractivity contribution is 5.94. The summed E-state index contributed by atoms with van der Waals surface area (Å²) in [5.74, 6) is -1.16. The van der Waals surface area contributed by atoms with Gasteiger partial charge in [0, 0.05) is 62.7 Å². The van der Waals surface area contributed by atoms with E-state index in [1.807, 2.05) is 146 Å². The van der Waals surface area contributed by atoms with E-state index in [0.717, 1.165) is 0 Å². The molecule has 0 saturated carbocycles. The first kappa shape index (κ1) is 82.1. The minimum absolute atomic E-state index is 0.142. The van der Waals surface area contributed by atoms with Crippen LogP contribution in [0.15, 0.2) is 170 Å². The van der Waals surface area contributed by atoms with Gasteiger partial charge in [0.1, 0.15) is 46.0 Å². The normalized spacial score (nSPS) is 11.9. The molecule has 2 aliphatic carbocycles. The number of esters is 6. The Hall–Kier alpha value is -12.9. The molecule has 0 spiro atoms. The fourth-order valence-electron chi connectivity index (χ4n) is 13.8. The molecule has 594 valence electrons. The van der Waals surface area contributed by atoms with Crippen molar-refractivity contribution in [3.63, 3.8) is 0 Å². The van der Waals surface area contributed by atoms with Gasteiger partial charge in [0.05, 0.1) is 39.6 Å². The second-order valence-electron chi connectivity index (χ2n) is 26.5. The van der Waals surface area contributed by atoms with Gasteiger partial charge < -0.3 is 76.9 Å². The smallest absolute Gasteiger partial charge is 0.344 e. The first-order valence-corrected chi connectivity index (χ1v) is 38.0. The highest BCUT2D eigenvalue weighted by Crippen LogP contribution is 2.42. The second kappa shape index (κ2) is 40.9. The average Bonchev–Trinajstić information content (AvgIpc) is 0.789. The summed E-state index contributed by atoms with van der Waals surface area (Å²) in [6, 6.07) is 51.8. The van der Waals surface area contributed by atoms with Gasteiger partial charge in [-0.3, -0.25) is 9.59 Å². The third-order valence-electron chi connectivity index (χ3n) is 18.5. The van der Waals surface area contributed by atoms with Crippen molar-refractivity contribution in [3.8, 4) is 46.0 Å². The number of carbonyl (C=O) groups excluding carboxylic acids is 8. The molecule has 0 aromatic heterocycles. The van der Waals surface area contributed by atoms with Crippen LogP contribution < -0.4 is 48.5 Å². The van der Waals surface area contributed by atoms with E-state index >= 15 is 0 Å². The van der Waals surface area contributed by atoms with Crippen LogP contribution in [0.5, 0.6) is 46.0 Å². The molecule has 2 amide bonds. The minimum Gasteiger partial charge on any atom is -0.483 e. The van der Waals surface area contributed by atoms with E-state index in [1.165, 1.54) is 0 Å². The lowest BCUT2D eigenvalue weighted by Gasteiger charge is -2.22. The molecule has 0 aliphatic heterocycles. The monoisotopic (exact) mass is 1550 g/mol. The molecule has 0 fully saturated rings. The average molecular weight is 1550 g/mol. The molecule has 11 rings (SSSR count). The number of anilines is 2. The molecule has 0 saturated heterocycles. The largest absolute Gasteiger partial charge is 0.483 e. The number of rotatable bonds is 32. The zero-order chi connectivity index (χ0) is 80.3. The van der Waals surface area contributed by atoms with E-state index in [1.54, 1.807) is 65.8 Å². The Morgan fingerprint density at radius 1 is 0.211 bits per heavy atom. The standard InChI is InChI=1S/C90H92N2O22/c1-7-101-77(95)51-109-85-61-25-15-29-65(85)45-69-33-19-34-70(89(69)113-55-81(99)105-11-5)46-66-30-16-26-62(86(66)110-52-78(96)102-8-2)42-58-22-13-21-57(41-61)83(58)107-49-75(93)91-73-37-39-74(40-38-73)92-76(94)50-108-84-59-23-14-24-60(84)44-64-28-18-32-68(88(64)112-54-80(98)104-10-4)48-72-36-20-35-71(90(72)114-56-82(100)106-12-6)47-67-31-17-27-63(43-59)87(67)111-53-79(97)103-9-3/h13-40H,7-12,41-56H2,1-6H3,(H,91,93)(H,92,94). The topological polar surface area (TPSA) is 290 Å².